The van der Waals surface area contributed by atoms with Crippen molar-refractivity contribution in [3.05, 3.63) is 66.6 Å². The summed E-state index contributed by atoms with van der Waals surface area (Å²) < 4.78 is 40.3. The van der Waals surface area contributed by atoms with Crippen LogP contribution in [0.2, 0.25) is 0 Å². The van der Waals surface area contributed by atoms with Gasteiger partial charge in [-0.2, -0.15) is 13.2 Å². The van der Waals surface area contributed by atoms with Gasteiger partial charge in [0.2, 0.25) is 0 Å². The summed E-state index contributed by atoms with van der Waals surface area (Å²) in [7, 11) is 1.84. The third kappa shape index (κ3) is 4.78. The van der Waals surface area contributed by atoms with Gasteiger partial charge in [0.15, 0.2) is 11.0 Å². The molecule has 0 aliphatic heterocycles. The first-order chi connectivity index (χ1) is 14.8. The van der Waals surface area contributed by atoms with Gasteiger partial charge in [-0.3, -0.25) is 10.1 Å². The van der Waals surface area contributed by atoms with Gasteiger partial charge >= 0.3 is 5.51 Å². The van der Waals surface area contributed by atoms with Crippen LogP contribution in [0.3, 0.4) is 0 Å². The van der Waals surface area contributed by atoms with Crippen LogP contribution >= 0.6 is 23.1 Å². The number of aryl methyl sites for hydroxylation is 1. The molecular formula is C20H14F3N5OS2. The number of alkyl halides is 3. The number of hydrogen-bond acceptors (Lipinski definition) is 6. The lowest BCUT2D eigenvalue weighted by atomic mass is 10.1. The highest BCUT2D eigenvalue weighted by molar-refractivity contribution is 8.00. The molecule has 3 aromatic heterocycles. The lowest BCUT2D eigenvalue weighted by Gasteiger charge is -2.09. The number of nitrogens with zero attached hydrogens (tertiary/aromatic N) is 4. The van der Waals surface area contributed by atoms with Crippen LogP contribution < -0.4 is 5.32 Å². The van der Waals surface area contributed by atoms with Gasteiger partial charge in [-0.25, -0.2) is 15.0 Å². The van der Waals surface area contributed by atoms with Gasteiger partial charge in [0.25, 0.3) is 5.91 Å². The summed E-state index contributed by atoms with van der Waals surface area (Å²) in [5.74, 6) is -0.0638. The smallest absolute Gasteiger partial charge is 0.333 e. The number of hydrogen-bond donors (Lipinski definition) is 1. The number of amides is 1. The molecule has 1 amide bonds. The summed E-state index contributed by atoms with van der Waals surface area (Å²) in [4.78, 5) is 26.1. The van der Waals surface area contributed by atoms with Crippen LogP contribution in [0.4, 0.5) is 18.3 Å². The molecule has 158 valence electrons. The number of anilines is 1. The second kappa shape index (κ2) is 8.52. The molecule has 0 radical (unpaired) electrons. The van der Waals surface area contributed by atoms with E-state index < -0.39 is 28.2 Å². The summed E-state index contributed by atoms with van der Waals surface area (Å²) in [6.07, 6.45) is 4.65. The van der Waals surface area contributed by atoms with Crippen LogP contribution in [-0.4, -0.2) is 30.9 Å². The Hall–Kier alpha value is -3.18. The van der Waals surface area contributed by atoms with Crippen LogP contribution in [0.15, 0.2) is 66.1 Å². The number of carbonyl (C=O) groups excluding carboxylic acids is 1. The molecule has 31 heavy (non-hydrogen) atoms. The molecule has 0 bridgehead atoms. The van der Waals surface area contributed by atoms with Crippen molar-refractivity contribution < 1.29 is 18.0 Å². The van der Waals surface area contributed by atoms with Crippen molar-refractivity contribution in [2.24, 2.45) is 7.05 Å². The zero-order valence-electron chi connectivity index (χ0n) is 15.9. The molecule has 6 nitrogen and oxygen atoms in total. The lowest BCUT2D eigenvalue weighted by molar-refractivity contribution is -0.0329. The number of rotatable bonds is 5. The van der Waals surface area contributed by atoms with Crippen molar-refractivity contribution in [3.8, 4) is 22.0 Å². The zero-order chi connectivity index (χ0) is 22.0. The monoisotopic (exact) mass is 461 g/mol. The minimum Gasteiger partial charge on any atom is -0.333 e. The van der Waals surface area contributed by atoms with Crippen LogP contribution in [0.25, 0.3) is 22.0 Å². The standard InChI is InChI=1S/C20H14F3N5OS2/c1-28-11-10-24-16(28)15-14(12-6-3-2-4-7-12)26-19(30-15)27-17(29)13-8-5-9-25-18(13)31-20(21,22)23/h2-11H,1H3,(H,26,27,29). The van der Waals surface area contributed by atoms with Gasteiger partial charge < -0.3 is 4.57 Å². The van der Waals surface area contributed by atoms with Crippen LogP contribution in [0.5, 0.6) is 0 Å². The van der Waals surface area contributed by atoms with E-state index in [9.17, 15) is 18.0 Å². The molecule has 0 aliphatic carbocycles. The molecule has 0 unspecified atom stereocenters. The van der Waals surface area contributed by atoms with Crippen molar-refractivity contribution >= 4 is 34.1 Å². The first kappa shape index (κ1) is 21.1. The average Bonchev–Trinajstić information content (AvgIpc) is 3.33. The largest absolute Gasteiger partial charge is 0.447 e. The lowest BCUT2D eigenvalue weighted by Crippen LogP contribution is -2.14. The number of carbonyl (C=O) groups is 1. The first-order valence-corrected chi connectivity index (χ1v) is 10.5. The third-order valence-electron chi connectivity index (χ3n) is 4.15. The van der Waals surface area contributed by atoms with E-state index in [4.69, 9.17) is 0 Å². The van der Waals surface area contributed by atoms with Crippen molar-refractivity contribution in [2.45, 2.75) is 10.5 Å². The maximum absolute atomic E-state index is 12.8. The number of thioether (sulfide) groups is 1. The number of nitrogens with one attached hydrogen (secondary N) is 1. The molecule has 0 atom stereocenters. The summed E-state index contributed by atoms with van der Waals surface area (Å²) in [5, 5.41) is 2.43. The Morgan fingerprint density at radius 2 is 1.87 bits per heavy atom. The van der Waals surface area contributed by atoms with Gasteiger partial charge in [0, 0.05) is 43.0 Å². The van der Waals surface area contributed by atoms with Crippen molar-refractivity contribution in [1.29, 1.82) is 0 Å². The fourth-order valence-electron chi connectivity index (χ4n) is 2.82. The number of aromatic nitrogens is 4. The summed E-state index contributed by atoms with van der Waals surface area (Å²) >= 11 is 0.762. The van der Waals surface area contributed by atoms with Crippen molar-refractivity contribution in [3.63, 3.8) is 0 Å². The molecule has 4 rings (SSSR count). The fourth-order valence-corrected chi connectivity index (χ4v) is 4.45. The van der Waals surface area contributed by atoms with E-state index in [0.29, 0.717) is 11.5 Å². The molecular weight excluding hydrogens is 447 g/mol. The number of imidazole rings is 1. The van der Waals surface area contributed by atoms with E-state index in [0.717, 1.165) is 10.4 Å². The van der Waals surface area contributed by atoms with Gasteiger partial charge in [-0.05, 0) is 12.1 Å². The van der Waals surface area contributed by atoms with Crippen molar-refractivity contribution in [2.75, 3.05) is 5.32 Å². The molecule has 0 spiro atoms. The second-order valence-corrected chi connectivity index (χ2v) is 8.34. The Morgan fingerprint density at radius 1 is 1.10 bits per heavy atom. The number of pyridine rings is 1. The average molecular weight is 461 g/mol. The highest BCUT2D eigenvalue weighted by atomic mass is 32.2. The predicted molar refractivity (Wildman–Crippen MR) is 114 cm³/mol. The van der Waals surface area contributed by atoms with E-state index >= 15 is 0 Å². The Balaban J connectivity index is 1.70. The maximum Gasteiger partial charge on any atom is 0.447 e. The topological polar surface area (TPSA) is 72.7 Å². The molecule has 4 aromatic rings. The van der Waals surface area contributed by atoms with E-state index in [1.165, 1.54) is 29.7 Å². The van der Waals surface area contributed by atoms with Crippen LogP contribution in [-0.2, 0) is 7.05 Å². The minimum absolute atomic E-state index is 0.181. The van der Waals surface area contributed by atoms with Gasteiger partial charge in [0.05, 0.1) is 16.1 Å². The highest BCUT2D eigenvalue weighted by Crippen LogP contribution is 2.39. The third-order valence-corrected chi connectivity index (χ3v) is 5.86. The molecule has 0 saturated heterocycles. The van der Waals surface area contributed by atoms with Gasteiger partial charge in [-0.1, -0.05) is 41.7 Å². The second-order valence-electron chi connectivity index (χ2n) is 6.28. The minimum atomic E-state index is -4.56. The normalized spacial score (nSPS) is 11.5. The Morgan fingerprint density at radius 3 is 2.55 bits per heavy atom. The van der Waals surface area contributed by atoms with Gasteiger partial charge in [0.1, 0.15) is 5.03 Å². The molecule has 11 heteroatoms. The molecule has 3 heterocycles. The van der Waals surface area contributed by atoms with E-state index in [1.54, 1.807) is 12.4 Å². The molecule has 0 fully saturated rings. The first-order valence-electron chi connectivity index (χ1n) is 8.88. The molecule has 1 N–H and O–H groups in total. The van der Waals surface area contributed by atoms with E-state index in [-0.39, 0.29) is 10.7 Å². The summed E-state index contributed by atoms with van der Waals surface area (Å²) in [6, 6.07) is 12.1. The quantitative estimate of drug-likeness (QED) is 0.399. The Labute approximate surface area is 183 Å². The SMILES string of the molecule is Cn1ccnc1-c1sc(NC(=O)c2cccnc2SC(F)(F)F)nc1-c1ccccc1. The van der Waals surface area contributed by atoms with E-state index in [1.807, 2.05) is 41.9 Å². The Kier molecular flexibility index (Phi) is 5.79. The Bertz CT molecular complexity index is 1220. The zero-order valence-corrected chi connectivity index (χ0v) is 17.6. The number of benzene rings is 1. The molecule has 0 aliphatic rings. The highest BCUT2D eigenvalue weighted by Gasteiger charge is 2.32. The predicted octanol–water partition coefficient (Wildman–Crippen LogP) is 5.47. The number of halogens is 3. The van der Waals surface area contributed by atoms with Crippen molar-refractivity contribution in [1.82, 2.24) is 19.5 Å². The molecule has 0 saturated carbocycles. The van der Waals surface area contributed by atoms with E-state index in [2.05, 4.69) is 20.3 Å². The maximum atomic E-state index is 12.8. The van der Waals surface area contributed by atoms with Crippen LogP contribution in [0, 0.1) is 0 Å². The molecule has 1 aromatic carbocycles. The fraction of sp³-hybridized carbons (Fsp3) is 0.100. The summed E-state index contributed by atoms with van der Waals surface area (Å²) in [5.41, 5.74) is -3.30. The van der Waals surface area contributed by atoms with Crippen LogP contribution in [0.1, 0.15) is 10.4 Å². The number of thiazole rings is 1. The van der Waals surface area contributed by atoms with Gasteiger partial charge in [-0.15, -0.1) is 0 Å². The summed E-state index contributed by atoms with van der Waals surface area (Å²) in [6.45, 7) is 0.